The molecule has 1 heterocycles. The molecule has 2 bridgehead atoms. The van der Waals surface area contributed by atoms with Gasteiger partial charge >= 0.3 is 12.1 Å². The first kappa shape index (κ1) is 27.4. The number of amides is 2. The lowest BCUT2D eigenvalue weighted by atomic mass is 9.59. The van der Waals surface area contributed by atoms with Crippen molar-refractivity contribution in [3.63, 3.8) is 0 Å². The minimum Gasteiger partial charge on any atom is -0.467 e. The van der Waals surface area contributed by atoms with Crippen molar-refractivity contribution in [2.45, 2.75) is 90.1 Å². The average Bonchev–Trinajstić information content (AvgIpc) is 3.22. The van der Waals surface area contributed by atoms with E-state index in [1.54, 1.807) is 11.0 Å². The molecule has 2 amide bonds. The molecule has 204 valence electrons. The second-order valence-corrected chi connectivity index (χ2v) is 12.0. The van der Waals surface area contributed by atoms with Crippen molar-refractivity contribution in [3.8, 4) is 0 Å². The van der Waals surface area contributed by atoms with E-state index in [1.807, 2.05) is 20.8 Å². The van der Waals surface area contributed by atoms with Gasteiger partial charge in [-0.25, -0.2) is 14.0 Å². The van der Waals surface area contributed by atoms with Gasteiger partial charge in [-0.05, 0) is 73.6 Å². The number of carbonyl (C=O) groups excluding carboxylic acids is 3. The van der Waals surface area contributed by atoms with Gasteiger partial charge in [-0.15, -0.1) is 0 Å². The summed E-state index contributed by atoms with van der Waals surface area (Å²) in [4.78, 5) is 39.8. The maximum absolute atomic E-state index is 13.6. The standard InChI is InChI=1S/C28H40FN3O5/c1-17(2)24(25(34)36-5)31-26(35)37-27(4)11-19-8-18(3)10-28(12-19,16-27)30-13-23(33)32-14-20-6-7-22(29)9-21(20)15-32/h6-7,9,17-19,24,30H,8,10-16H2,1-5H3,(H,31,35). The highest BCUT2D eigenvalue weighted by Crippen LogP contribution is 2.50. The number of halogens is 1. The summed E-state index contributed by atoms with van der Waals surface area (Å²) in [5.74, 6) is -0.114. The summed E-state index contributed by atoms with van der Waals surface area (Å²) in [6.07, 6.45) is 3.54. The number of carbonyl (C=O) groups is 3. The highest BCUT2D eigenvalue weighted by atomic mass is 19.1. The van der Waals surface area contributed by atoms with Crippen LogP contribution in [0.3, 0.4) is 0 Å². The molecule has 5 atom stereocenters. The van der Waals surface area contributed by atoms with Crippen LogP contribution in [-0.2, 0) is 32.2 Å². The van der Waals surface area contributed by atoms with Crippen molar-refractivity contribution in [1.82, 2.24) is 15.5 Å². The normalized spacial score (nSPS) is 29.4. The van der Waals surface area contributed by atoms with Crippen LogP contribution in [0.1, 0.15) is 70.9 Å². The maximum Gasteiger partial charge on any atom is 0.408 e. The minimum atomic E-state index is -0.785. The molecule has 2 N–H and O–H groups in total. The quantitative estimate of drug-likeness (QED) is 0.533. The highest BCUT2D eigenvalue weighted by molar-refractivity contribution is 5.81. The first-order valence-electron chi connectivity index (χ1n) is 13.3. The molecule has 2 saturated carbocycles. The Morgan fingerprint density at radius 3 is 2.59 bits per heavy atom. The second-order valence-electron chi connectivity index (χ2n) is 12.0. The number of nitrogens with one attached hydrogen (secondary N) is 2. The summed E-state index contributed by atoms with van der Waals surface area (Å²) >= 11 is 0. The van der Waals surface area contributed by atoms with Crippen molar-refractivity contribution >= 4 is 18.0 Å². The molecule has 5 unspecified atom stereocenters. The lowest BCUT2D eigenvalue weighted by molar-refractivity contribution is -0.144. The molecular weight excluding hydrogens is 477 g/mol. The fourth-order valence-corrected chi connectivity index (χ4v) is 6.94. The molecule has 8 nitrogen and oxygen atoms in total. The molecule has 2 aliphatic carbocycles. The molecule has 1 aromatic rings. The number of esters is 1. The van der Waals surface area contributed by atoms with Crippen LogP contribution in [0, 0.1) is 23.6 Å². The number of rotatable bonds is 7. The third-order valence-electron chi connectivity index (χ3n) is 8.18. The number of fused-ring (bicyclic) bond motifs is 3. The Hall–Kier alpha value is -2.68. The first-order valence-corrected chi connectivity index (χ1v) is 13.3. The van der Waals surface area contributed by atoms with Crippen LogP contribution in [-0.4, -0.2) is 53.7 Å². The summed E-state index contributed by atoms with van der Waals surface area (Å²) in [5, 5.41) is 6.26. The molecule has 0 saturated heterocycles. The van der Waals surface area contributed by atoms with E-state index in [1.165, 1.54) is 19.2 Å². The summed E-state index contributed by atoms with van der Waals surface area (Å²) in [6.45, 7) is 8.92. The van der Waals surface area contributed by atoms with Crippen LogP contribution < -0.4 is 10.6 Å². The third-order valence-corrected chi connectivity index (χ3v) is 8.18. The van der Waals surface area contributed by atoms with Crippen LogP contribution >= 0.6 is 0 Å². The van der Waals surface area contributed by atoms with Crippen molar-refractivity contribution in [1.29, 1.82) is 0 Å². The van der Waals surface area contributed by atoms with Crippen LogP contribution in [0.5, 0.6) is 0 Å². The molecule has 1 aromatic carbocycles. The van der Waals surface area contributed by atoms with Gasteiger partial charge in [-0.1, -0.05) is 26.8 Å². The molecule has 0 aromatic heterocycles. The van der Waals surface area contributed by atoms with Gasteiger partial charge in [0.2, 0.25) is 5.91 Å². The molecule has 2 fully saturated rings. The Kier molecular flexibility index (Phi) is 7.83. The zero-order valence-corrected chi connectivity index (χ0v) is 22.6. The van der Waals surface area contributed by atoms with E-state index >= 15 is 0 Å². The van der Waals surface area contributed by atoms with Crippen molar-refractivity contribution < 1.29 is 28.2 Å². The second kappa shape index (κ2) is 10.6. The van der Waals surface area contributed by atoms with Gasteiger partial charge in [-0.3, -0.25) is 4.79 Å². The predicted octanol–water partition coefficient (Wildman–Crippen LogP) is 3.91. The van der Waals surface area contributed by atoms with Crippen LogP contribution in [0.25, 0.3) is 0 Å². The summed E-state index contributed by atoms with van der Waals surface area (Å²) in [7, 11) is 1.30. The van der Waals surface area contributed by atoms with Crippen molar-refractivity contribution in [2.24, 2.45) is 17.8 Å². The van der Waals surface area contributed by atoms with Crippen LogP contribution in [0.15, 0.2) is 18.2 Å². The number of hydrogen-bond donors (Lipinski definition) is 2. The van der Waals surface area contributed by atoms with Gasteiger partial charge in [0.25, 0.3) is 0 Å². The van der Waals surface area contributed by atoms with E-state index < -0.39 is 23.7 Å². The van der Waals surface area contributed by atoms with Gasteiger partial charge in [0.1, 0.15) is 17.5 Å². The van der Waals surface area contributed by atoms with Crippen LogP contribution in [0.4, 0.5) is 9.18 Å². The lowest BCUT2D eigenvalue weighted by Crippen LogP contribution is -2.61. The Morgan fingerprint density at radius 1 is 1.16 bits per heavy atom. The Bertz CT molecular complexity index is 1040. The number of ether oxygens (including phenoxy) is 2. The average molecular weight is 518 g/mol. The monoisotopic (exact) mass is 517 g/mol. The predicted molar refractivity (Wildman–Crippen MR) is 136 cm³/mol. The SMILES string of the molecule is COC(=O)C(NC(=O)OC1(C)CC2CC(C)CC(NCC(=O)N3Cc4ccc(F)cc4C3)(C2)C1)C(C)C. The van der Waals surface area contributed by atoms with E-state index in [0.717, 1.165) is 36.8 Å². The largest absolute Gasteiger partial charge is 0.467 e. The van der Waals surface area contributed by atoms with E-state index in [-0.39, 0.29) is 29.7 Å². The molecule has 37 heavy (non-hydrogen) atoms. The molecule has 4 rings (SSSR count). The Labute approximate surface area is 218 Å². The molecule has 0 radical (unpaired) electrons. The zero-order chi connectivity index (χ0) is 27.0. The minimum absolute atomic E-state index is 0.0236. The van der Waals surface area contributed by atoms with E-state index in [2.05, 4.69) is 17.6 Å². The van der Waals surface area contributed by atoms with Gasteiger partial charge < -0.3 is 25.0 Å². The number of methoxy groups -OCH3 is 1. The first-order chi connectivity index (χ1) is 17.4. The molecular formula is C28H40FN3O5. The highest BCUT2D eigenvalue weighted by Gasteiger charge is 2.51. The summed E-state index contributed by atoms with van der Waals surface area (Å²) in [6, 6.07) is 3.89. The zero-order valence-electron chi connectivity index (χ0n) is 22.6. The fraction of sp³-hybridized carbons (Fsp3) is 0.679. The van der Waals surface area contributed by atoms with E-state index in [9.17, 15) is 18.8 Å². The number of nitrogens with zero attached hydrogens (tertiary/aromatic N) is 1. The topological polar surface area (TPSA) is 97.0 Å². The third kappa shape index (κ3) is 6.25. The van der Waals surface area contributed by atoms with Crippen molar-refractivity contribution in [2.75, 3.05) is 13.7 Å². The van der Waals surface area contributed by atoms with E-state index in [0.29, 0.717) is 31.3 Å². The van der Waals surface area contributed by atoms with Gasteiger partial charge in [0.15, 0.2) is 0 Å². The Balaban J connectivity index is 1.41. The van der Waals surface area contributed by atoms with Gasteiger partial charge in [0, 0.05) is 25.0 Å². The van der Waals surface area contributed by atoms with Crippen molar-refractivity contribution in [3.05, 3.63) is 35.1 Å². The lowest BCUT2D eigenvalue weighted by Gasteiger charge is -2.54. The number of alkyl carbamates (subject to hydrolysis) is 1. The molecule has 1 aliphatic heterocycles. The number of benzene rings is 1. The summed E-state index contributed by atoms with van der Waals surface area (Å²) < 4.78 is 24.4. The molecule has 3 aliphatic rings. The van der Waals surface area contributed by atoms with Crippen LogP contribution in [0.2, 0.25) is 0 Å². The maximum atomic E-state index is 13.6. The molecule has 9 heteroatoms. The smallest absolute Gasteiger partial charge is 0.408 e. The Morgan fingerprint density at radius 2 is 1.89 bits per heavy atom. The van der Waals surface area contributed by atoms with Gasteiger partial charge in [0.05, 0.1) is 13.7 Å². The summed E-state index contributed by atoms with van der Waals surface area (Å²) in [5.41, 5.74) is 0.774. The van der Waals surface area contributed by atoms with E-state index in [4.69, 9.17) is 9.47 Å². The fourth-order valence-electron chi connectivity index (χ4n) is 6.94. The number of hydrogen-bond acceptors (Lipinski definition) is 6. The molecule has 0 spiro atoms. The van der Waals surface area contributed by atoms with Gasteiger partial charge in [-0.2, -0.15) is 0 Å².